The van der Waals surface area contributed by atoms with Crippen LogP contribution in [0, 0.1) is 0 Å². The summed E-state index contributed by atoms with van der Waals surface area (Å²) in [6.45, 7) is 5.32. The number of nitrogens with zero attached hydrogens (tertiary/aromatic N) is 1. The standard InChI is InChI=1S/C3H6N2O2.C2H6/c1-2(5-7)3(4)6;1-2/h7H,1H3,(H2,4,6);1-2H3/b5-2-;. The van der Waals surface area contributed by atoms with Crippen molar-refractivity contribution in [2.75, 3.05) is 0 Å². The van der Waals surface area contributed by atoms with Gasteiger partial charge >= 0.3 is 0 Å². The molecule has 0 heterocycles. The average molecular weight is 132 g/mol. The zero-order chi connectivity index (χ0) is 7.86. The number of carbonyl (C=O) groups is 1. The second kappa shape index (κ2) is 6.94. The van der Waals surface area contributed by atoms with E-state index in [-0.39, 0.29) is 5.71 Å². The van der Waals surface area contributed by atoms with Crippen LogP contribution < -0.4 is 5.73 Å². The normalized spacial score (nSPS) is 9.44. The van der Waals surface area contributed by atoms with Crippen molar-refractivity contribution in [3.8, 4) is 0 Å². The Kier molecular flexibility index (Phi) is 8.36. The van der Waals surface area contributed by atoms with Crippen LogP contribution in [0.15, 0.2) is 5.16 Å². The summed E-state index contributed by atoms with van der Waals surface area (Å²) >= 11 is 0. The second-order valence-corrected chi connectivity index (χ2v) is 1.05. The molecule has 0 aliphatic rings. The lowest BCUT2D eigenvalue weighted by Gasteiger charge is -1.82. The number of rotatable bonds is 1. The molecule has 3 N–H and O–H groups in total. The van der Waals surface area contributed by atoms with Crippen molar-refractivity contribution < 1.29 is 10.0 Å². The largest absolute Gasteiger partial charge is 0.410 e. The minimum atomic E-state index is -0.706. The third kappa shape index (κ3) is 6.94. The van der Waals surface area contributed by atoms with Gasteiger partial charge in [0.15, 0.2) is 0 Å². The maximum atomic E-state index is 9.86. The van der Waals surface area contributed by atoms with Crippen molar-refractivity contribution in [1.82, 2.24) is 0 Å². The number of amides is 1. The van der Waals surface area contributed by atoms with Crippen LogP contribution in [0.2, 0.25) is 0 Å². The Morgan fingerprint density at radius 3 is 1.89 bits per heavy atom. The highest BCUT2D eigenvalue weighted by Crippen LogP contribution is 1.67. The molecule has 0 aromatic rings. The highest BCUT2D eigenvalue weighted by Gasteiger charge is 1.95. The van der Waals surface area contributed by atoms with Gasteiger partial charge in [0.1, 0.15) is 5.71 Å². The van der Waals surface area contributed by atoms with E-state index in [2.05, 4.69) is 10.9 Å². The molecule has 1 amide bonds. The number of carbonyl (C=O) groups excluding carboxylic acids is 1. The number of hydrogen-bond acceptors (Lipinski definition) is 3. The molecular formula is C5H12N2O2. The third-order valence-electron chi connectivity index (χ3n) is 0.507. The van der Waals surface area contributed by atoms with Gasteiger partial charge in [-0.15, -0.1) is 0 Å². The van der Waals surface area contributed by atoms with Crippen LogP contribution in [0.25, 0.3) is 0 Å². The van der Waals surface area contributed by atoms with Gasteiger partial charge in [-0.1, -0.05) is 19.0 Å². The Hall–Kier alpha value is -1.06. The van der Waals surface area contributed by atoms with Crippen molar-refractivity contribution in [2.45, 2.75) is 20.8 Å². The quantitative estimate of drug-likeness (QED) is 0.307. The molecule has 0 aliphatic carbocycles. The smallest absolute Gasteiger partial charge is 0.266 e. The van der Waals surface area contributed by atoms with Gasteiger partial charge in [-0.25, -0.2) is 0 Å². The van der Waals surface area contributed by atoms with Crippen LogP contribution >= 0.6 is 0 Å². The van der Waals surface area contributed by atoms with Gasteiger partial charge in [0.2, 0.25) is 0 Å². The summed E-state index contributed by atoms with van der Waals surface area (Å²) in [4.78, 5) is 9.86. The molecule has 4 nitrogen and oxygen atoms in total. The Bertz CT molecular complexity index is 110. The summed E-state index contributed by atoms with van der Waals surface area (Å²) in [6, 6.07) is 0. The average Bonchev–Trinajstić information content (AvgIpc) is 1.91. The molecule has 0 aromatic carbocycles. The van der Waals surface area contributed by atoms with E-state index in [4.69, 9.17) is 5.21 Å². The molecule has 0 fully saturated rings. The van der Waals surface area contributed by atoms with Crippen molar-refractivity contribution in [3.05, 3.63) is 0 Å². The van der Waals surface area contributed by atoms with Crippen LogP contribution in [0.4, 0.5) is 0 Å². The first kappa shape index (κ1) is 10.8. The predicted molar refractivity (Wildman–Crippen MR) is 35.4 cm³/mol. The minimum Gasteiger partial charge on any atom is -0.410 e. The monoisotopic (exact) mass is 132 g/mol. The number of primary amides is 1. The highest BCUT2D eigenvalue weighted by molar-refractivity contribution is 6.37. The molecule has 0 aliphatic heterocycles. The summed E-state index contributed by atoms with van der Waals surface area (Å²) in [5, 5.41) is 10.3. The van der Waals surface area contributed by atoms with Gasteiger partial charge < -0.3 is 10.9 Å². The maximum absolute atomic E-state index is 9.86. The lowest BCUT2D eigenvalue weighted by molar-refractivity contribution is -0.112. The molecule has 0 radical (unpaired) electrons. The lowest BCUT2D eigenvalue weighted by atomic mass is 10.4. The topological polar surface area (TPSA) is 75.7 Å². The fourth-order valence-corrected chi connectivity index (χ4v) is 0.0493. The van der Waals surface area contributed by atoms with Gasteiger partial charge in [0.25, 0.3) is 5.91 Å². The van der Waals surface area contributed by atoms with E-state index in [1.807, 2.05) is 13.8 Å². The Labute approximate surface area is 54.3 Å². The van der Waals surface area contributed by atoms with Crippen LogP contribution in [-0.2, 0) is 4.79 Å². The highest BCUT2D eigenvalue weighted by atomic mass is 16.4. The van der Waals surface area contributed by atoms with Gasteiger partial charge in [-0.2, -0.15) is 0 Å². The minimum absolute atomic E-state index is 0.0833. The second-order valence-electron chi connectivity index (χ2n) is 1.05. The van der Waals surface area contributed by atoms with Gasteiger partial charge in [-0.05, 0) is 6.92 Å². The number of hydrogen-bond donors (Lipinski definition) is 2. The van der Waals surface area contributed by atoms with Crippen LogP contribution in [0.5, 0.6) is 0 Å². The molecular weight excluding hydrogens is 120 g/mol. The van der Waals surface area contributed by atoms with Crippen molar-refractivity contribution in [2.24, 2.45) is 10.9 Å². The van der Waals surface area contributed by atoms with Crippen molar-refractivity contribution in [1.29, 1.82) is 0 Å². The summed E-state index contributed by atoms with van der Waals surface area (Å²) in [5.74, 6) is -0.706. The van der Waals surface area contributed by atoms with Gasteiger partial charge in [0.05, 0.1) is 0 Å². The lowest BCUT2D eigenvalue weighted by Crippen LogP contribution is -2.19. The van der Waals surface area contributed by atoms with Crippen LogP contribution in [0.1, 0.15) is 20.8 Å². The summed E-state index contributed by atoms with van der Waals surface area (Å²) in [6.07, 6.45) is 0. The number of oxime groups is 1. The predicted octanol–water partition coefficient (Wildman–Crippen LogP) is 0.348. The molecule has 0 unspecified atom stereocenters. The first-order valence-corrected chi connectivity index (χ1v) is 2.67. The van der Waals surface area contributed by atoms with Crippen LogP contribution in [-0.4, -0.2) is 16.8 Å². The van der Waals surface area contributed by atoms with Gasteiger partial charge in [0, 0.05) is 0 Å². The molecule has 4 heteroatoms. The fourth-order valence-electron chi connectivity index (χ4n) is 0.0493. The molecule has 0 atom stereocenters. The van der Waals surface area contributed by atoms with E-state index in [1.54, 1.807) is 0 Å². The van der Waals surface area contributed by atoms with E-state index in [9.17, 15) is 4.79 Å². The molecule has 54 valence electrons. The molecule has 0 aromatic heterocycles. The van der Waals surface area contributed by atoms with Crippen molar-refractivity contribution in [3.63, 3.8) is 0 Å². The van der Waals surface area contributed by atoms with E-state index in [0.717, 1.165) is 0 Å². The molecule has 0 saturated carbocycles. The zero-order valence-electron chi connectivity index (χ0n) is 5.88. The van der Waals surface area contributed by atoms with E-state index >= 15 is 0 Å². The van der Waals surface area contributed by atoms with Crippen LogP contribution in [0.3, 0.4) is 0 Å². The summed E-state index contributed by atoms with van der Waals surface area (Å²) < 4.78 is 0. The van der Waals surface area contributed by atoms with Gasteiger partial charge in [-0.3, -0.25) is 4.79 Å². The summed E-state index contributed by atoms with van der Waals surface area (Å²) in [5.41, 5.74) is 4.53. The Balaban J connectivity index is 0. The zero-order valence-corrected chi connectivity index (χ0v) is 5.88. The molecule has 0 bridgehead atoms. The fraction of sp³-hybridized carbons (Fsp3) is 0.600. The van der Waals surface area contributed by atoms with E-state index in [1.165, 1.54) is 6.92 Å². The Morgan fingerprint density at radius 2 is 1.89 bits per heavy atom. The van der Waals surface area contributed by atoms with E-state index in [0.29, 0.717) is 0 Å². The summed E-state index contributed by atoms with van der Waals surface area (Å²) in [7, 11) is 0. The molecule has 0 spiro atoms. The maximum Gasteiger partial charge on any atom is 0.266 e. The molecule has 0 saturated heterocycles. The molecule has 0 rings (SSSR count). The third-order valence-corrected chi connectivity index (χ3v) is 0.507. The number of nitrogens with two attached hydrogens (primary N) is 1. The first-order valence-electron chi connectivity index (χ1n) is 2.67. The SMILES string of the molecule is C/C(=N/O)C(N)=O.CC. The Morgan fingerprint density at radius 1 is 1.56 bits per heavy atom. The first-order chi connectivity index (χ1) is 4.18. The molecule has 9 heavy (non-hydrogen) atoms. The van der Waals surface area contributed by atoms with Crippen molar-refractivity contribution >= 4 is 11.6 Å². The van der Waals surface area contributed by atoms with E-state index < -0.39 is 5.91 Å².